The second-order valence-electron chi connectivity index (χ2n) is 9.60. The lowest BCUT2D eigenvalue weighted by Crippen LogP contribution is -2.22. The third kappa shape index (κ3) is 7.03. The van der Waals surface area contributed by atoms with Gasteiger partial charge >= 0.3 is 0 Å². The van der Waals surface area contributed by atoms with Crippen LogP contribution in [0.5, 0.6) is 5.75 Å². The van der Waals surface area contributed by atoms with Gasteiger partial charge in [0.05, 0.1) is 11.7 Å². The van der Waals surface area contributed by atoms with Crippen LogP contribution in [0.3, 0.4) is 0 Å². The quantitative estimate of drug-likeness (QED) is 0.134. The van der Waals surface area contributed by atoms with Crippen molar-refractivity contribution in [2.75, 3.05) is 33.8 Å². The van der Waals surface area contributed by atoms with Gasteiger partial charge in [-0.2, -0.15) is 5.10 Å². The molecule has 202 valence electrons. The number of carbonyl (C=O) groups is 1. The predicted octanol–water partition coefficient (Wildman–Crippen LogP) is 6.11. The van der Waals surface area contributed by atoms with Crippen LogP contribution in [0.4, 0.5) is 0 Å². The molecular weight excluding hydrogens is 484 g/mol. The fourth-order valence-electron chi connectivity index (χ4n) is 4.69. The van der Waals surface area contributed by atoms with Crippen LogP contribution < -0.4 is 10.1 Å². The van der Waals surface area contributed by atoms with Crippen molar-refractivity contribution < 1.29 is 9.53 Å². The van der Waals surface area contributed by atoms with Gasteiger partial charge in [0.1, 0.15) is 12.4 Å². The Morgan fingerprint density at radius 1 is 1.03 bits per heavy atom. The first kappa shape index (κ1) is 27.9. The van der Waals surface area contributed by atoms with Crippen LogP contribution in [0.15, 0.2) is 85.1 Å². The van der Waals surface area contributed by atoms with Crippen molar-refractivity contribution in [3.8, 4) is 5.75 Å². The van der Waals surface area contributed by atoms with E-state index in [0.717, 1.165) is 35.1 Å². The van der Waals surface area contributed by atoms with Gasteiger partial charge < -0.3 is 15.0 Å². The van der Waals surface area contributed by atoms with Gasteiger partial charge in [0.15, 0.2) is 0 Å². The molecule has 3 aromatic carbocycles. The molecule has 6 heteroatoms. The molecule has 0 aliphatic heterocycles. The minimum absolute atomic E-state index is 0.0179. The van der Waals surface area contributed by atoms with Crippen LogP contribution in [0.1, 0.15) is 42.5 Å². The summed E-state index contributed by atoms with van der Waals surface area (Å²) in [5.74, 6) is 0.811. The molecule has 0 unspecified atom stereocenters. The topological polar surface area (TPSA) is 70.2 Å². The molecular formula is C33H38N4O2. The van der Waals surface area contributed by atoms with E-state index in [1.807, 2.05) is 24.4 Å². The van der Waals surface area contributed by atoms with Gasteiger partial charge in [-0.25, -0.2) is 0 Å². The van der Waals surface area contributed by atoms with Crippen molar-refractivity contribution in [1.29, 1.82) is 0 Å². The molecule has 0 aliphatic carbocycles. The number of hydrogen-bond acceptors (Lipinski definition) is 4. The maximum atomic E-state index is 11.6. The molecule has 0 spiro atoms. The number of benzene rings is 3. The maximum Gasteiger partial charge on any atom is 0.245 e. The van der Waals surface area contributed by atoms with E-state index >= 15 is 0 Å². The Balaban J connectivity index is 1.56. The number of amides is 1. The number of carbonyl (C=O) groups excluding carboxylic acids is 1. The smallest absolute Gasteiger partial charge is 0.245 e. The predicted molar refractivity (Wildman–Crippen MR) is 161 cm³/mol. The van der Waals surface area contributed by atoms with Gasteiger partial charge in [-0.15, -0.1) is 0 Å². The van der Waals surface area contributed by atoms with Crippen molar-refractivity contribution in [3.05, 3.63) is 107 Å². The van der Waals surface area contributed by atoms with E-state index in [1.54, 1.807) is 25.1 Å². The first-order valence-electron chi connectivity index (χ1n) is 13.6. The molecule has 0 radical (unpaired) electrons. The van der Waals surface area contributed by atoms with Crippen LogP contribution >= 0.6 is 0 Å². The minimum atomic E-state index is -0.0179. The fourth-order valence-corrected chi connectivity index (χ4v) is 4.69. The van der Waals surface area contributed by atoms with Gasteiger partial charge in [0.25, 0.3) is 0 Å². The Hall–Kier alpha value is -4.16. The van der Waals surface area contributed by atoms with E-state index in [1.165, 1.54) is 27.8 Å². The number of hydrogen-bond donors (Lipinski definition) is 2. The number of aromatic nitrogens is 2. The third-order valence-electron chi connectivity index (χ3n) is 6.76. The largest absolute Gasteiger partial charge is 0.492 e. The van der Waals surface area contributed by atoms with Crippen LogP contribution in [0, 0.1) is 0 Å². The first-order valence-corrected chi connectivity index (χ1v) is 13.6. The van der Waals surface area contributed by atoms with Gasteiger partial charge in [-0.1, -0.05) is 62.4 Å². The molecule has 1 amide bonds. The van der Waals surface area contributed by atoms with E-state index in [2.05, 4.69) is 84.0 Å². The average Bonchev–Trinajstić information content (AvgIpc) is 3.43. The number of nitrogens with zero attached hydrogens (tertiary/aromatic N) is 2. The molecule has 0 fully saturated rings. The highest BCUT2D eigenvalue weighted by Gasteiger charge is 2.16. The van der Waals surface area contributed by atoms with E-state index in [-0.39, 0.29) is 5.91 Å². The summed E-state index contributed by atoms with van der Waals surface area (Å²) in [6.45, 7) is 6.29. The number of nitrogens with one attached hydrogen (secondary N) is 2. The Bertz CT molecular complexity index is 1450. The molecule has 4 rings (SSSR count). The summed E-state index contributed by atoms with van der Waals surface area (Å²) in [5, 5.41) is 11.6. The number of allylic oxidation sites excluding steroid dienone is 1. The lowest BCUT2D eigenvalue weighted by Gasteiger charge is -2.19. The first-order chi connectivity index (χ1) is 19.0. The molecule has 0 aliphatic rings. The fraction of sp³-hybridized carbons (Fsp3) is 0.273. The SMILES string of the molecule is CC/C(=C(/c1ccc(OCCNC/C=C/C(=O)N(C)C)cc1)c1ccc2[nH]ncc2c1)c1ccccc1CC. The highest BCUT2D eigenvalue weighted by molar-refractivity contribution is 6.00. The van der Waals surface area contributed by atoms with Crippen LogP contribution in [0.2, 0.25) is 0 Å². The molecule has 0 atom stereocenters. The van der Waals surface area contributed by atoms with E-state index in [0.29, 0.717) is 19.7 Å². The molecule has 0 saturated heterocycles. The molecule has 2 N–H and O–H groups in total. The molecule has 0 saturated carbocycles. The normalized spacial score (nSPS) is 12.1. The summed E-state index contributed by atoms with van der Waals surface area (Å²) in [5.41, 5.74) is 8.57. The Labute approximate surface area is 231 Å². The molecule has 1 aromatic heterocycles. The highest BCUT2D eigenvalue weighted by atomic mass is 16.5. The van der Waals surface area contributed by atoms with Gasteiger partial charge in [0, 0.05) is 38.6 Å². The molecule has 0 bridgehead atoms. The van der Waals surface area contributed by atoms with Crippen molar-refractivity contribution in [2.24, 2.45) is 0 Å². The zero-order chi connectivity index (χ0) is 27.6. The molecule has 39 heavy (non-hydrogen) atoms. The van der Waals surface area contributed by atoms with Gasteiger partial charge in [-0.3, -0.25) is 9.89 Å². The van der Waals surface area contributed by atoms with Crippen molar-refractivity contribution in [2.45, 2.75) is 26.7 Å². The molecule has 4 aromatic rings. The number of likely N-dealkylation sites (N-methyl/N-ethyl adjacent to an activating group) is 1. The summed E-state index contributed by atoms with van der Waals surface area (Å²) in [6.07, 6.45) is 7.17. The summed E-state index contributed by atoms with van der Waals surface area (Å²) >= 11 is 0. The number of H-pyrrole nitrogens is 1. The number of rotatable bonds is 12. The van der Waals surface area contributed by atoms with Gasteiger partial charge in [-0.05, 0) is 70.5 Å². The summed E-state index contributed by atoms with van der Waals surface area (Å²) < 4.78 is 5.98. The number of fused-ring (bicyclic) bond motifs is 1. The third-order valence-corrected chi connectivity index (χ3v) is 6.76. The van der Waals surface area contributed by atoms with Crippen LogP contribution in [-0.4, -0.2) is 54.8 Å². The number of aryl methyl sites for hydroxylation is 1. The highest BCUT2D eigenvalue weighted by Crippen LogP contribution is 2.37. The summed E-state index contributed by atoms with van der Waals surface area (Å²) in [6, 6.07) is 23.6. The number of aromatic amines is 1. The second kappa shape index (κ2) is 13.6. The Morgan fingerprint density at radius 3 is 2.54 bits per heavy atom. The maximum absolute atomic E-state index is 11.6. The number of ether oxygens (including phenoxy) is 1. The minimum Gasteiger partial charge on any atom is -0.492 e. The van der Waals surface area contributed by atoms with Crippen molar-refractivity contribution >= 4 is 28.0 Å². The van der Waals surface area contributed by atoms with Crippen molar-refractivity contribution in [1.82, 2.24) is 20.4 Å². The van der Waals surface area contributed by atoms with E-state index in [9.17, 15) is 4.79 Å². The van der Waals surface area contributed by atoms with Crippen molar-refractivity contribution in [3.63, 3.8) is 0 Å². The van der Waals surface area contributed by atoms with Crippen LogP contribution in [0.25, 0.3) is 22.0 Å². The zero-order valence-corrected chi connectivity index (χ0v) is 23.3. The lowest BCUT2D eigenvalue weighted by atomic mass is 9.85. The van der Waals surface area contributed by atoms with E-state index < -0.39 is 0 Å². The average molecular weight is 523 g/mol. The molecule has 1 heterocycles. The Kier molecular flexibility index (Phi) is 9.70. The lowest BCUT2D eigenvalue weighted by molar-refractivity contribution is -0.123. The zero-order valence-electron chi connectivity index (χ0n) is 23.3. The van der Waals surface area contributed by atoms with Gasteiger partial charge in [0.2, 0.25) is 5.91 Å². The monoisotopic (exact) mass is 522 g/mol. The second-order valence-corrected chi connectivity index (χ2v) is 9.60. The standard InChI is InChI=1S/C33H38N4O2/c1-5-24-10-7-8-11-30(24)29(6-2)33(26-15-18-31-27(22-26)23-35-36-31)25-13-16-28(17-14-25)39-21-20-34-19-9-12-32(38)37(3)4/h7-18,22-23,34H,5-6,19-21H2,1-4H3,(H,35,36)/b12-9+,33-29+. The summed E-state index contributed by atoms with van der Waals surface area (Å²) in [4.78, 5) is 13.1. The summed E-state index contributed by atoms with van der Waals surface area (Å²) in [7, 11) is 3.48. The molecule has 6 nitrogen and oxygen atoms in total. The van der Waals surface area contributed by atoms with Crippen LogP contribution in [-0.2, 0) is 11.2 Å². The van der Waals surface area contributed by atoms with E-state index in [4.69, 9.17) is 4.74 Å². The Morgan fingerprint density at radius 2 is 1.79 bits per heavy atom.